The van der Waals surface area contributed by atoms with Crippen molar-refractivity contribution in [1.29, 1.82) is 0 Å². The fourth-order valence-corrected chi connectivity index (χ4v) is 4.98. The van der Waals surface area contributed by atoms with Crippen molar-refractivity contribution >= 4 is 11.6 Å². The zero-order valence-corrected chi connectivity index (χ0v) is 17.8. The van der Waals surface area contributed by atoms with Gasteiger partial charge in [0.2, 0.25) is 0 Å². The fraction of sp³-hybridized carbons (Fsp3) is 0.727. The molecule has 1 N–H and O–H groups in total. The van der Waals surface area contributed by atoms with Gasteiger partial charge in [-0.05, 0) is 30.6 Å². The summed E-state index contributed by atoms with van der Waals surface area (Å²) in [5.74, 6) is -0.215. The lowest BCUT2D eigenvalue weighted by molar-refractivity contribution is 0.0953. The molecule has 2 heterocycles. The lowest BCUT2D eigenvalue weighted by Crippen LogP contribution is -2.50. The standard InChI is InChI=1S/C22H35FN4O/c1-5-22(3,6-2)16-7-8-17(13-16)26-9-11-27(12-10-26)18-14-19(23)20(25-15-18)21(28)24-4/h14-17H,5-13H2,1-4H3,(H,24,28)/t16?,17-/m1/s1. The van der Waals surface area contributed by atoms with Gasteiger partial charge in [0, 0.05) is 45.3 Å². The molecule has 1 aliphatic carbocycles. The second-order valence-corrected chi connectivity index (χ2v) is 8.65. The second-order valence-electron chi connectivity index (χ2n) is 8.65. The number of piperazine rings is 1. The minimum absolute atomic E-state index is 0.142. The molecule has 0 spiro atoms. The van der Waals surface area contributed by atoms with Crippen molar-refractivity contribution in [3.63, 3.8) is 0 Å². The number of hydrogen-bond acceptors (Lipinski definition) is 4. The number of halogens is 1. The maximum absolute atomic E-state index is 14.2. The Hall–Kier alpha value is -1.69. The van der Waals surface area contributed by atoms with E-state index in [1.807, 2.05) is 0 Å². The van der Waals surface area contributed by atoms with Crippen molar-refractivity contribution in [3.8, 4) is 0 Å². The molecule has 1 unspecified atom stereocenters. The highest BCUT2D eigenvalue weighted by Gasteiger charge is 2.39. The van der Waals surface area contributed by atoms with Gasteiger partial charge in [0.1, 0.15) is 0 Å². The van der Waals surface area contributed by atoms with E-state index in [9.17, 15) is 9.18 Å². The first-order valence-electron chi connectivity index (χ1n) is 10.8. The molecule has 1 saturated heterocycles. The van der Waals surface area contributed by atoms with E-state index in [2.05, 4.69) is 40.9 Å². The molecule has 1 aromatic heterocycles. The summed E-state index contributed by atoms with van der Waals surface area (Å²) in [6.07, 6.45) is 8.10. The third-order valence-corrected chi connectivity index (χ3v) is 7.47. The summed E-state index contributed by atoms with van der Waals surface area (Å²) in [7, 11) is 1.48. The van der Waals surface area contributed by atoms with Gasteiger partial charge in [-0.15, -0.1) is 0 Å². The lowest BCUT2D eigenvalue weighted by atomic mass is 9.72. The Labute approximate surface area is 168 Å². The van der Waals surface area contributed by atoms with Crippen LogP contribution < -0.4 is 10.2 Å². The number of aromatic nitrogens is 1. The number of amides is 1. The van der Waals surface area contributed by atoms with E-state index >= 15 is 0 Å². The quantitative estimate of drug-likeness (QED) is 0.805. The van der Waals surface area contributed by atoms with Gasteiger partial charge >= 0.3 is 0 Å². The molecule has 1 saturated carbocycles. The first kappa shape index (κ1) is 21.0. The topological polar surface area (TPSA) is 48.5 Å². The fourth-order valence-electron chi connectivity index (χ4n) is 4.98. The molecule has 2 fully saturated rings. The van der Waals surface area contributed by atoms with E-state index in [1.54, 1.807) is 6.20 Å². The van der Waals surface area contributed by atoms with Gasteiger partial charge in [0.15, 0.2) is 11.5 Å². The summed E-state index contributed by atoms with van der Waals surface area (Å²) >= 11 is 0. The van der Waals surface area contributed by atoms with Gasteiger partial charge in [-0.3, -0.25) is 9.69 Å². The Morgan fingerprint density at radius 2 is 1.93 bits per heavy atom. The maximum Gasteiger partial charge on any atom is 0.272 e. The van der Waals surface area contributed by atoms with Crippen molar-refractivity contribution < 1.29 is 9.18 Å². The Kier molecular flexibility index (Phi) is 6.58. The molecule has 2 aliphatic rings. The van der Waals surface area contributed by atoms with E-state index < -0.39 is 11.7 Å². The third kappa shape index (κ3) is 4.17. The van der Waals surface area contributed by atoms with Crippen LogP contribution in [-0.2, 0) is 0 Å². The number of rotatable bonds is 6. The second kappa shape index (κ2) is 8.76. The van der Waals surface area contributed by atoms with Crippen LogP contribution in [0.5, 0.6) is 0 Å². The van der Waals surface area contributed by atoms with Gasteiger partial charge in [-0.1, -0.05) is 33.6 Å². The molecule has 0 bridgehead atoms. The van der Waals surface area contributed by atoms with Gasteiger partial charge in [0.25, 0.3) is 5.91 Å². The number of nitrogens with one attached hydrogen (secondary N) is 1. The number of carbonyl (C=O) groups excluding carboxylic acids is 1. The molecule has 3 rings (SSSR count). The smallest absolute Gasteiger partial charge is 0.272 e. The molecule has 1 amide bonds. The van der Waals surface area contributed by atoms with Crippen LogP contribution in [0.2, 0.25) is 0 Å². The Morgan fingerprint density at radius 3 is 2.50 bits per heavy atom. The summed E-state index contributed by atoms with van der Waals surface area (Å²) < 4.78 is 14.2. The highest BCUT2D eigenvalue weighted by atomic mass is 19.1. The normalized spacial score (nSPS) is 23.8. The molecule has 0 aromatic carbocycles. The van der Waals surface area contributed by atoms with E-state index in [0.29, 0.717) is 11.5 Å². The van der Waals surface area contributed by atoms with Crippen LogP contribution in [0.15, 0.2) is 12.3 Å². The molecular weight excluding hydrogens is 355 g/mol. The summed E-state index contributed by atoms with van der Waals surface area (Å²) in [6.45, 7) is 10.9. The van der Waals surface area contributed by atoms with Crippen LogP contribution in [-0.4, -0.2) is 55.1 Å². The van der Waals surface area contributed by atoms with Gasteiger partial charge in [-0.2, -0.15) is 0 Å². The molecule has 156 valence electrons. The van der Waals surface area contributed by atoms with E-state index in [0.717, 1.165) is 37.8 Å². The predicted molar refractivity (Wildman–Crippen MR) is 111 cm³/mol. The van der Waals surface area contributed by atoms with Crippen molar-refractivity contribution in [2.24, 2.45) is 11.3 Å². The minimum Gasteiger partial charge on any atom is -0.368 e. The molecule has 5 nitrogen and oxygen atoms in total. The van der Waals surface area contributed by atoms with Crippen molar-refractivity contribution in [1.82, 2.24) is 15.2 Å². The molecular formula is C22H35FN4O. The Morgan fingerprint density at radius 1 is 1.25 bits per heavy atom. The van der Waals surface area contributed by atoms with Crippen LogP contribution in [0.1, 0.15) is 63.4 Å². The molecule has 28 heavy (non-hydrogen) atoms. The highest BCUT2D eigenvalue weighted by Crippen LogP contribution is 2.45. The number of pyridine rings is 1. The summed E-state index contributed by atoms with van der Waals surface area (Å²) in [6, 6.07) is 2.13. The summed E-state index contributed by atoms with van der Waals surface area (Å²) in [4.78, 5) is 20.5. The average molecular weight is 391 g/mol. The van der Waals surface area contributed by atoms with Gasteiger partial charge in [-0.25, -0.2) is 9.37 Å². The van der Waals surface area contributed by atoms with E-state index in [1.165, 1.54) is 45.2 Å². The summed E-state index contributed by atoms with van der Waals surface area (Å²) in [5, 5.41) is 2.42. The zero-order valence-electron chi connectivity index (χ0n) is 17.8. The minimum atomic E-state index is -0.559. The third-order valence-electron chi connectivity index (χ3n) is 7.47. The Balaban J connectivity index is 1.57. The average Bonchev–Trinajstić information content (AvgIpc) is 3.23. The van der Waals surface area contributed by atoms with Crippen LogP contribution in [0.3, 0.4) is 0 Å². The first-order valence-corrected chi connectivity index (χ1v) is 10.8. The SMILES string of the molecule is CCC(C)(CC)C1CC[C@@H](N2CCN(c3cnc(C(=O)NC)c(F)c3)CC2)C1. The van der Waals surface area contributed by atoms with Crippen molar-refractivity contribution in [2.75, 3.05) is 38.1 Å². The van der Waals surface area contributed by atoms with Gasteiger partial charge < -0.3 is 10.2 Å². The van der Waals surface area contributed by atoms with Crippen LogP contribution in [0.25, 0.3) is 0 Å². The first-order chi connectivity index (χ1) is 13.4. The number of anilines is 1. The van der Waals surface area contributed by atoms with Crippen LogP contribution >= 0.6 is 0 Å². The van der Waals surface area contributed by atoms with Crippen LogP contribution in [0, 0.1) is 17.2 Å². The Bertz CT molecular complexity index is 683. The van der Waals surface area contributed by atoms with Gasteiger partial charge in [0.05, 0.1) is 11.9 Å². The van der Waals surface area contributed by atoms with Crippen molar-refractivity contribution in [3.05, 3.63) is 23.8 Å². The predicted octanol–water partition coefficient (Wildman–Crippen LogP) is 3.70. The monoisotopic (exact) mass is 390 g/mol. The molecule has 1 aromatic rings. The maximum atomic E-state index is 14.2. The molecule has 0 radical (unpaired) electrons. The largest absolute Gasteiger partial charge is 0.368 e. The zero-order chi connectivity index (χ0) is 20.3. The molecule has 2 atom stereocenters. The molecule has 1 aliphatic heterocycles. The number of carbonyl (C=O) groups is 1. The molecule has 6 heteroatoms. The number of nitrogens with zero attached hydrogens (tertiary/aromatic N) is 3. The van der Waals surface area contributed by atoms with Crippen molar-refractivity contribution in [2.45, 2.75) is 58.9 Å². The lowest BCUT2D eigenvalue weighted by Gasteiger charge is -2.40. The van der Waals surface area contributed by atoms with E-state index in [4.69, 9.17) is 0 Å². The summed E-state index contributed by atoms with van der Waals surface area (Å²) in [5.41, 5.74) is 1.10. The van der Waals surface area contributed by atoms with Crippen LogP contribution in [0.4, 0.5) is 10.1 Å². The highest BCUT2D eigenvalue weighted by molar-refractivity contribution is 5.92. The number of hydrogen-bond donors (Lipinski definition) is 1. The van der Waals surface area contributed by atoms with E-state index in [-0.39, 0.29) is 5.69 Å².